The summed E-state index contributed by atoms with van der Waals surface area (Å²) in [6, 6.07) is 0. The average molecular weight is 259 g/mol. The minimum absolute atomic E-state index is 0.126. The summed E-state index contributed by atoms with van der Waals surface area (Å²) in [6.45, 7) is 6.78. The van der Waals surface area contributed by atoms with Crippen LogP contribution in [0.5, 0.6) is 0 Å². The van der Waals surface area contributed by atoms with Crippen molar-refractivity contribution in [3.05, 3.63) is 0 Å². The van der Waals surface area contributed by atoms with Crippen molar-refractivity contribution in [2.45, 2.75) is 25.8 Å². The van der Waals surface area contributed by atoms with Gasteiger partial charge >= 0.3 is 0 Å². The van der Waals surface area contributed by atoms with Crippen molar-refractivity contribution in [1.82, 2.24) is 15.1 Å². The van der Waals surface area contributed by atoms with Crippen molar-refractivity contribution < 1.29 is 9.53 Å². The number of nitrogens with zero attached hydrogens (tertiary/aromatic N) is 2. The minimum atomic E-state index is -0.522. The molecule has 1 N–H and O–H groups in total. The van der Waals surface area contributed by atoms with Crippen LogP contribution >= 0.6 is 0 Å². The number of rotatable bonds is 9. The number of carbonyl (C=O) groups is 1. The Bertz CT molecular complexity index is 242. The fourth-order valence-electron chi connectivity index (χ4n) is 1.60. The summed E-state index contributed by atoms with van der Waals surface area (Å²) in [4.78, 5) is 16.4. The Kier molecular flexibility index (Phi) is 8.15. The first-order valence-corrected chi connectivity index (χ1v) is 6.47. The maximum Gasteiger partial charge on any atom is 0.242 e. The molecule has 18 heavy (non-hydrogen) atoms. The van der Waals surface area contributed by atoms with Crippen LogP contribution in [-0.4, -0.2) is 75.7 Å². The predicted octanol–water partition coefficient (Wildman–Crippen LogP) is 0.411. The van der Waals surface area contributed by atoms with Crippen molar-refractivity contribution >= 4 is 5.91 Å². The third-order valence-corrected chi connectivity index (χ3v) is 3.05. The van der Waals surface area contributed by atoms with Crippen molar-refractivity contribution in [2.75, 3.05) is 54.5 Å². The number of amides is 1. The molecule has 0 fully saturated rings. The summed E-state index contributed by atoms with van der Waals surface area (Å²) < 4.78 is 5.07. The molecule has 5 nitrogen and oxygen atoms in total. The van der Waals surface area contributed by atoms with E-state index in [1.165, 1.54) is 0 Å². The van der Waals surface area contributed by atoms with Gasteiger partial charge in [0.2, 0.25) is 5.91 Å². The highest BCUT2D eigenvalue weighted by atomic mass is 16.5. The first-order chi connectivity index (χ1) is 8.35. The van der Waals surface area contributed by atoms with Crippen molar-refractivity contribution in [3.63, 3.8) is 0 Å². The van der Waals surface area contributed by atoms with Gasteiger partial charge in [0, 0.05) is 20.2 Å². The molecular formula is C13H29N3O2. The lowest BCUT2D eigenvalue weighted by atomic mass is 10.0. The van der Waals surface area contributed by atoms with E-state index < -0.39 is 5.54 Å². The number of nitrogens with one attached hydrogen (secondary N) is 1. The number of ether oxygens (including phenoxy) is 1. The van der Waals surface area contributed by atoms with Gasteiger partial charge < -0.3 is 19.9 Å². The van der Waals surface area contributed by atoms with Crippen molar-refractivity contribution in [2.24, 2.45) is 0 Å². The molecule has 0 rings (SSSR count). The van der Waals surface area contributed by atoms with E-state index in [9.17, 15) is 4.79 Å². The first kappa shape index (κ1) is 17.4. The van der Waals surface area contributed by atoms with Gasteiger partial charge in [-0.1, -0.05) is 0 Å². The molecule has 0 unspecified atom stereocenters. The van der Waals surface area contributed by atoms with Crippen LogP contribution in [0, 0.1) is 0 Å². The Morgan fingerprint density at radius 3 is 2.28 bits per heavy atom. The molecular weight excluding hydrogens is 230 g/mol. The molecule has 0 aromatic heterocycles. The minimum Gasteiger partial charge on any atom is -0.383 e. The molecule has 0 spiro atoms. The number of likely N-dealkylation sites (N-methyl/N-ethyl adjacent to an activating group) is 1. The second kappa shape index (κ2) is 8.45. The normalized spacial score (nSPS) is 11.9. The van der Waals surface area contributed by atoms with E-state index >= 15 is 0 Å². The molecule has 0 aromatic carbocycles. The zero-order valence-electron chi connectivity index (χ0n) is 12.7. The summed E-state index contributed by atoms with van der Waals surface area (Å²) in [5, 5.41) is 3.05. The van der Waals surface area contributed by atoms with E-state index in [2.05, 4.69) is 10.2 Å². The number of hydrogen-bond donors (Lipinski definition) is 1. The van der Waals surface area contributed by atoms with Gasteiger partial charge in [0.1, 0.15) is 0 Å². The lowest BCUT2D eigenvalue weighted by Gasteiger charge is -2.32. The Morgan fingerprint density at radius 1 is 1.22 bits per heavy atom. The molecule has 0 aromatic rings. The monoisotopic (exact) mass is 259 g/mol. The largest absolute Gasteiger partial charge is 0.383 e. The summed E-state index contributed by atoms with van der Waals surface area (Å²) in [5.41, 5.74) is -0.522. The third-order valence-electron chi connectivity index (χ3n) is 3.05. The number of methoxy groups -OCH3 is 1. The van der Waals surface area contributed by atoms with Crippen LogP contribution in [0.3, 0.4) is 0 Å². The van der Waals surface area contributed by atoms with Gasteiger partial charge in [-0.05, 0) is 48.0 Å². The lowest BCUT2D eigenvalue weighted by molar-refractivity contribution is -0.137. The molecule has 0 aliphatic heterocycles. The van der Waals surface area contributed by atoms with E-state index in [4.69, 9.17) is 4.74 Å². The third kappa shape index (κ3) is 6.33. The predicted molar refractivity (Wildman–Crippen MR) is 74.8 cm³/mol. The summed E-state index contributed by atoms with van der Waals surface area (Å²) in [6.07, 6.45) is 0.974. The van der Waals surface area contributed by atoms with Gasteiger partial charge in [0.25, 0.3) is 0 Å². The van der Waals surface area contributed by atoms with Crippen LogP contribution in [0.25, 0.3) is 0 Å². The Balaban J connectivity index is 4.42. The van der Waals surface area contributed by atoms with Crippen LogP contribution in [0.4, 0.5) is 0 Å². The molecule has 0 aliphatic carbocycles. The zero-order valence-corrected chi connectivity index (χ0v) is 12.7. The fourth-order valence-corrected chi connectivity index (χ4v) is 1.60. The quantitative estimate of drug-likeness (QED) is 0.651. The number of hydrogen-bond acceptors (Lipinski definition) is 4. The van der Waals surface area contributed by atoms with E-state index in [0.717, 1.165) is 19.5 Å². The summed E-state index contributed by atoms with van der Waals surface area (Å²) in [5.74, 6) is 0.126. The molecule has 1 amide bonds. The maximum absolute atomic E-state index is 12.4. The van der Waals surface area contributed by atoms with Crippen LogP contribution in [-0.2, 0) is 9.53 Å². The van der Waals surface area contributed by atoms with Gasteiger partial charge in [-0.15, -0.1) is 0 Å². The maximum atomic E-state index is 12.4. The van der Waals surface area contributed by atoms with Gasteiger partial charge in [-0.2, -0.15) is 0 Å². The van der Waals surface area contributed by atoms with E-state index in [1.807, 2.05) is 39.9 Å². The van der Waals surface area contributed by atoms with E-state index in [0.29, 0.717) is 13.2 Å². The average Bonchev–Trinajstić information content (AvgIpc) is 2.32. The smallest absolute Gasteiger partial charge is 0.242 e. The highest BCUT2D eigenvalue weighted by molar-refractivity contribution is 5.85. The molecule has 0 bridgehead atoms. The summed E-state index contributed by atoms with van der Waals surface area (Å²) >= 11 is 0. The van der Waals surface area contributed by atoms with E-state index in [-0.39, 0.29) is 5.91 Å². The molecule has 0 atom stereocenters. The van der Waals surface area contributed by atoms with Crippen LogP contribution < -0.4 is 5.32 Å². The second-order valence-corrected chi connectivity index (χ2v) is 5.32. The highest BCUT2D eigenvalue weighted by Crippen LogP contribution is 2.08. The van der Waals surface area contributed by atoms with Crippen LogP contribution in [0.2, 0.25) is 0 Å². The standard InChI is InChI=1S/C13H29N3O2/c1-13(2,14-3)12(17)16(10-11-18-6)9-7-8-15(4)5/h14H,7-11H2,1-6H3. The Hall–Kier alpha value is -0.650. The van der Waals surface area contributed by atoms with E-state index in [1.54, 1.807) is 7.11 Å². The molecule has 0 heterocycles. The molecule has 5 heteroatoms. The molecule has 108 valence electrons. The van der Waals surface area contributed by atoms with Gasteiger partial charge in [-0.25, -0.2) is 0 Å². The Morgan fingerprint density at radius 2 is 1.83 bits per heavy atom. The van der Waals surface area contributed by atoms with Crippen molar-refractivity contribution in [1.29, 1.82) is 0 Å². The molecule has 0 saturated carbocycles. The topological polar surface area (TPSA) is 44.8 Å². The molecule has 0 aliphatic rings. The van der Waals surface area contributed by atoms with Gasteiger partial charge in [-0.3, -0.25) is 4.79 Å². The number of carbonyl (C=O) groups excluding carboxylic acids is 1. The first-order valence-electron chi connectivity index (χ1n) is 6.47. The van der Waals surface area contributed by atoms with Crippen molar-refractivity contribution in [3.8, 4) is 0 Å². The fraction of sp³-hybridized carbons (Fsp3) is 0.923. The molecule has 0 radical (unpaired) electrons. The lowest BCUT2D eigenvalue weighted by Crippen LogP contribution is -2.53. The second-order valence-electron chi connectivity index (χ2n) is 5.32. The van der Waals surface area contributed by atoms with Gasteiger partial charge in [0.15, 0.2) is 0 Å². The van der Waals surface area contributed by atoms with Gasteiger partial charge in [0.05, 0.1) is 12.1 Å². The Labute approximate surface area is 111 Å². The summed E-state index contributed by atoms with van der Waals surface area (Å²) in [7, 11) is 7.55. The molecule has 0 saturated heterocycles. The SMILES string of the molecule is CNC(C)(C)C(=O)N(CCCN(C)C)CCOC. The van der Waals surface area contributed by atoms with Crippen LogP contribution in [0.1, 0.15) is 20.3 Å². The highest BCUT2D eigenvalue weighted by Gasteiger charge is 2.29. The van der Waals surface area contributed by atoms with Crippen LogP contribution in [0.15, 0.2) is 0 Å². The zero-order chi connectivity index (χ0) is 14.2.